The minimum Gasteiger partial charge on any atom is -0.497 e. The fourth-order valence-corrected chi connectivity index (χ4v) is 4.59. The molecule has 3 rings (SSSR count). The lowest BCUT2D eigenvalue weighted by molar-refractivity contribution is -0.137. The van der Waals surface area contributed by atoms with Crippen molar-refractivity contribution < 1.29 is 9.53 Å². The minimum absolute atomic E-state index is 0.111. The van der Waals surface area contributed by atoms with Crippen molar-refractivity contribution in [1.82, 2.24) is 0 Å². The minimum atomic E-state index is -0.201. The molecule has 2 atom stereocenters. The Balaban J connectivity index is 2.13. The monoisotopic (exact) mass is 272 g/mol. The number of rotatable bonds is 1. The van der Waals surface area contributed by atoms with Crippen molar-refractivity contribution in [1.29, 1.82) is 0 Å². The summed E-state index contributed by atoms with van der Waals surface area (Å²) in [4.78, 5) is 12.3. The predicted molar refractivity (Wildman–Crippen MR) is 80.2 cm³/mol. The van der Waals surface area contributed by atoms with Crippen molar-refractivity contribution in [3.05, 3.63) is 29.3 Å². The highest BCUT2D eigenvalue weighted by molar-refractivity contribution is 5.86. The van der Waals surface area contributed by atoms with E-state index in [4.69, 9.17) is 4.74 Å². The predicted octanol–water partition coefficient (Wildman–Crippen LogP) is 3.90. The fourth-order valence-electron chi connectivity index (χ4n) is 4.59. The van der Waals surface area contributed by atoms with Crippen LogP contribution in [0.2, 0.25) is 0 Å². The number of ketones is 1. The Kier molecular flexibility index (Phi) is 2.97. The first-order valence-electron chi connectivity index (χ1n) is 7.60. The Labute approximate surface area is 121 Å². The lowest BCUT2D eigenvalue weighted by Gasteiger charge is -2.53. The van der Waals surface area contributed by atoms with Crippen LogP contribution in [0.15, 0.2) is 18.2 Å². The van der Waals surface area contributed by atoms with Crippen LogP contribution in [0.3, 0.4) is 0 Å². The molecule has 2 aliphatic carbocycles. The van der Waals surface area contributed by atoms with E-state index in [-0.39, 0.29) is 10.8 Å². The van der Waals surface area contributed by atoms with Crippen molar-refractivity contribution >= 4 is 5.78 Å². The topological polar surface area (TPSA) is 26.3 Å². The number of methoxy groups -OCH3 is 1. The van der Waals surface area contributed by atoms with Gasteiger partial charge in [0.2, 0.25) is 0 Å². The first kappa shape index (κ1) is 13.7. The first-order valence-corrected chi connectivity index (χ1v) is 7.60. The second kappa shape index (κ2) is 4.34. The van der Waals surface area contributed by atoms with Crippen LogP contribution in [0.4, 0.5) is 0 Å². The summed E-state index contributed by atoms with van der Waals surface area (Å²) >= 11 is 0. The molecule has 0 aromatic heterocycles. The Bertz CT molecular complexity index is 559. The molecule has 0 aliphatic heterocycles. The van der Waals surface area contributed by atoms with Gasteiger partial charge >= 0.3 is 0 Å². The number of Topliss-reactive ketones (excluding diaryl/α,β-unsaturated/α-hetero) is 1. The van der Waals surface area contributed by atoms with E-state index in [1.807, 2.05) is 0 Å². The molecule has 0 heterocycles. The number of benzene rings is 1. The molecule has 1 aromatic carbocycles. The highest BCUT2D eigenvalue weighted by Gasteiger charge is 2.53. The summed E-state index contributed by atoms with van der Waals surface area (Å²) in [7, 11) is 1.72. The second-order valence-corrected chi connectivity index (χ2v) is 7.18. The summed E-state index contributed by atoms with van der Waals surface area (Å²) in [6.45, 7) is 6.63. The van der Waals surface area contributed by atoms with E-state index < -0.39 is 0 Å². The molecule has 0 spiro atoms. The van der Waals surface area contributed by atoms with Crippen LogP contribution < -0.4 is 4.74 Å². The molecule has 1 saturated carbocycles. The van der Waals surface area contributed by atoms with E-state index in [9.17, 15) is 4.79 Å². The zero-order chi connectivity index (χ0) is 14.5. The summed E-state index contributed by atoms with van der Waals surface area (Å²) in [6, 6.07) is 6.47. The number of aryl methyl sites for hydroxylation is 1. The molecular formula is C18H24O2. The van der Waals surface area contributed by atoms with Crippen LogP contribution in [0.5, 0.6) is 5.75 Å². The van der Waals surface area contributed by atoms with Gasteiger partial charge in [-0.05, 0) is 53.9 Å². The van der Waals surface area contributed by atoms with Gasteiger partial charge in [-0.25, -0.2) is 0 Å². The van der Waals surface area contributed by atoms with Gasteiger partial charge in [0.25, 0.3) is 0 Å². The zero-order valence-corrected chi connectivity index (χ0v) is 13.0. The van der Waals surface area contributed by atoms with Crippen molar-refractivity contribution in [2.45, 2.75) is 51.9 Å². The molecular weight excluding hydrogens is 248 g/mol. The third-order valence-corrected chi connectivity index (χ3v) is 5.86. The van der Waals surface area contributed by atoms with Gasteiger partial charge in [0, 0.05) is 11.8 Å². The maximum absolute atomic E-state index is 12.3. The molecule has 0 radical (unpaired) electrons. The molecule has 2 heteroatoms. The van der Waals surface area contributed by atoms with Crippen LogP contribution in [-0.2, 0) is 16.6 Å². The summed E-state index contributed by atoms with van der Waals surface area (Å²) < 4.78 is 5.41. The van der Waals surface area contributed by atoms with Crippen molar-refractivity contribution in [3.8, 4) is 5.75 Å². The number of ether oxygens (including phenoxy) is 1. The number of hydrogen-bond donors (Lipinski definition) is 0. The largest absolute Gasteiger partial charge is 0.497 e. The number of carbonyl (C=O) groups excluding carboxylic acids is 1. The summed E-state index contributed by atoms with van der Waals surface area (Å²) in [5.74, 6) is 1.81. The molecule has 108 valence electrons. The maximum Gasteiger partial charge on any atom is 0.138 e. The van der Waals surface area contributed by atoms with Gasteiger partial charge in [0.1, 0.15) is 11.5 Å². The van der Waals surface area contributed by atoms with Gasteiger partial charge in [0.15, 0.2) is 0 Å². The summed E-state index contributed by atoms with van der Waals surface area (Å²) in [6.07, 6.45) is 3.88. The van der Waals surface area contributed by atoms with Gasteiger partial charge in [-0.2, -0.15) is 0 Å². The maximum atomic E-state index is 12.3. The lowest BCUT2D eigenvalue weighted by atomic mass is 9.50. The molecule has 20 heavy (non-hydrogen) atoms. The molecule has 1 aromatic rings. The van der Waals surface area contributed by atoms with Gasteiger partial charge in [-0.3, -0.25) is 4.79 Å². The molecule has 1 fully saturated rings. The summed E-state index contributed by atoms with van der Waals surface area (Å²) in [5.41, 5.74) is 2.76. The lowest BCUT2D eigenvalue weighted by Crippen LogP contribution is -2.52. The number of carbonyl (C=O) groups is 1. The van der Waals surface area contributed by atoms with E-state index in [2.05, 4.69) is 39.0 Å². The van der Waals surface area contributed by atoms with Gasteiger partial charge < -0.3 is 4.74 Å². The quantitative estimate of drug-likeness (QED) is 0.775. The van der Waals surface area contributed by atoms with Crippen molar-refractivity contribution in [3.63, 3.8) is 0 Å². The fraction of sp³-hybridized carbons (Fsp3) is 0.611. The third-order valence-electron chi connectivity index (χ3n) is 5.86. The molecule has 2 nitrogen and oxygen atoms in total. The second-order valence-electron chi connectivity index (χ2n) is 7.18. The Morgan fingerprint density at radius 3 is 2.65 bits per heavy atom. The van der Waals surface area contributed by atoms with Crippen LogP contribution >= 0.6 is 0 Å². The zero-order valence-electron chi connectivity index (χ0n) is 13.0. The van der Waals surface area contributed by atoms with Crippen LogP contribution in [0, 0.1) is 11.3 Å². The molecule has 0 saturated heterocycles. The molecule has 2 aliphatic rings. The van der Waals surface area contributed by atoms with Gasteiger partial charge in [-0.1, -0.05) is 26.8 Å². The SMILES string of the molecule is COc1ccc2c(c1)[C@@]1(C)CCC(=O)C(C)(C)[C@@H]1CC2. The Morgan fingerprint density at radius 2 is 1.95 bits per heavy atom. The molecule has 0 N–H and O–H groups in total. The Hall–Kier alpha value is -1.31. The van der Waals surface area contributed by atoms with E-state index in [1.54, 1.807) is 7.11 Å². The van der Waals surface area contributed by atoms with Crippen molar-refractivity contribution in [2.24, 2.45) is 11.3 Å². The average molecular weight is 272 g/mol. The van der Waals surface area contributed by atoms with Gasteiger partial charge in [0.05, 0.1) is 7.11 Å². The normalized spacial score (nSPS) is 31.4. The molecule has 0 amide bonds. The highest BCUT2D eigenvalue weighted by atomic mass is 16.5. The number of hydrogen-bond acceptors (Lipinski definition) is 2. The van der Waals surface area contributed by atoms with Crippen LogP contribution in [0.1, 0.15) is 51.2 Å². The first-order chi connectivity index (χ1) is 9.39. The van der Waals surface area contributed by atoms with E-state index >= 15 is 0 Å². The standard InChI is InChI=1S/C18H24O2/c1-17(2)15-8-6-12-5-7-13(20-4)11-14(12)18(15,3)10-9-16(17)19/h5,7,11,15H,6,8-10H2,1-4H3/t15-,18+/m0/s1. The molecule has 0 bridgehead atoms. The third kappa shape index (κ3) is 1.73. The van der Waals surface area contributed by atoms with Crippen LogP contribution in [0.25, 0.3) is 0 Å². The van der Waals surface area contributed by atoms with E-state index in [0.29, 0.717) is 18.1 Å². The van der Waals surface area contributed by atoms with E-state index in [0.717, 1.165) is 25.0 Å². The van der Waals surface area contributed by atoms with Crippen LogP contribution in [-0.4, -0.2) is 12.9 Å². The highest BCUT2D eigenvalue weighted by Crippen LogP contribution is 2.56. The number of fused-ring (bicyclic) bond motifs is 3. The summed E-state index contributed by atoms with van der Waals surface area (Å²) in [5, 5.41) is 0. The Morgan fingerprint density at radius 1 is 1.20 bits per heavy atom. The van der Waals surface area contributed by atoms with Crippen molar-refractivity contribution in [2.75, 3.05) is 7.11 Å². The van der Waals surface area contributed by atoms with E-state index in [1.165, 1.54) is 11.1 Å². The van der Waals surface area contributed by atoms with Gasteiger partial charge in [-0.15, -0.1) is 0 Å². The smallest absolute Gasteiger partial charge is 0.138 e. The molecule has 0 unspecified atom stereocenters. The average Bonchev–Trinajstić information content (AvgIpc) is 2.43.